The lowest BCUT2D eigenvalue weighted by Crippen LogP contribution is -2.39. The van der Waals surface area contributed by atoms with Crippen molar-refractivity contribution in [3.63, 3.8) is 0 Å². The van der Waals surface area contributed by atoms with Crippen molar-refractivity contribution in [2.24, 2.45) is 5.41 Å². The van der Waals surface area contributed by atoms with Gasteiger partial charge >= 0.3 is 0 Å². The normalized spacial score (nSPS) is 11.2. The number of nitrogens with two attached hydrogens (primary N) is 1. The minimum atomic E-state index is -0.233. The zero-order valence-electron chi connectivity index (χ0n) is 18.1. The zero-order chi connectivity index (χ0) is 22.4. The molecule has 0 bridgehead atoms. The van der Waals surface area contributed by atoms with E-state index >= 15 is 0 Å². The van der Waals surface area contributed by atoms with E-state index in [0.717, 1.165) is 16.8 Å². The number of hydrogen-bond donors (Lipinski definition) is 2. The fourth-order valence-corrected chi connectivity index (χ4v) is 3.69. The Morgan fingerprint density at radius 2 is 1.74 bits per heavy atom. The third kappa shape index (κ3) is 6.93. The molecule has 0 aliphatic carbocycles. The second-order valence-corrected chi connectivity index (χ2v) is 9.56. The molecule has 6 nitrogen and oxygen atoms in total. The van der Waals surface area contributed by atoms with Crippen molar-refractivity contribution in [3.05, 3.63) is 65.5 Å². The number of amides is 2. The molecule has 2 amide bonds. The summed E-state index contributed by atoms with van der Waals surface area (Å²) in [5, 5.41) is 5.30. The number of benzene rings is 2. The monoisotopic (exact) mass is 436 g/mol. The Bertz CT molecular complexity index is 1020. The van der Waals surface area contributed by atoms with E-state index < -0.39 is 0 Å². The maximum absolute atomic E-state index is 12.9. The molecule has 0 atom stereocenters. The van der Waals surface area contributed by atoms with E-state index in [4.69, 9.17) is 5.73 Å². The van der Waals surface area contributed by atoms with E-state index in [1.807, 2.05) is 80.7 Å². The highest BCUT2D eigenvalue weighted by Crippen LogP contribution is 2.24. The highest BCUT2D eigenvalue weighted by molar-refractivity contribution is 7.13. The summed E-state index contributed by atoms with van der Waals surface area (Å²) in [6.07, 6.45) is 0.374. The Hall–Kier alpha value is -3.19. The highest BCUT2D eigenvalue weighted by atomic mass is 32.1. The van der Waals surface area contributed by atoms with Gasteiger partial charge in [-0.15, -0.1) is 11.3 Å². The van der Waals surface area contributed by atoms with Crippen LogP contribution < -0.4 is 11.1 Å². The van der Waals surface area contributed by atoms with Crippen LogP contribution in [0.15, 0.2) is 60.0 Å². The summed E-state index contributed by atoms with van der Waals surface area (Å²) in [5.41, 5.74) is 8.93. The Morgan fingerprint density at radius 3 is 2.32 bits per heavy atom. The van der Waals surface area contributed by atoms with E-state index in [1.54, 1.807) is 4.90 Å². The molecular formula is C24H28N4O2S. The molecule has 3 aromatic rings. The van der Waals surface area contributed by atoms with Gasteiger partial charge in [0.2, 0.25) is 11.8 Å². The van der Waals surface area contributed by atoms with Crippen LogP contribution in [-0.4, -0.2) is 28.2 Å². The van der Waals surface area contributed by atoms with E-state index in [2.05, 4.69) is 10.3 Å². The number of rotatable bonds is 7. The molecule has 0 radical (unpaired) electrons. The molecule has 31 heavy (non-hydrogen) atoms. The van der Waals surface area contributed by atoms with Crippen LogP contribution in [0.2, 0.25) is 0 Å². The van der Waals surface area contributed by atoms with Crippen LogP contribution in [0.4, 0.5) is 10.8 Å². The number of nitrogens with one attached hydrogen (secondary N) is 1. The summed E-state index contributed by atoms with van der Waals surface area (Å²) in [5.74, 6) is -0.271. The average molecular weight is 437 g/mol. The van der Waals surface area contributed by atoms with Gasteiger partial charge in [0.15, 0.2) is 5.13 Å². The van der Waals surface area contributed by atoms with Crippen molar-refractivity contribution in [1.29, 1.82) is 0 Å². The average Bonchev–Trinajstić information content (AvgIpc) is 3.14. The Labute approximate surface area is 187 Å². The molecule has 0 fully saturated rings. The Kier molecular flexibility index (Phi) is 7.07. The topological polar surface area (TPSA) is 88.3 Å². The van der Waals surface area contributed by atoms with Crippen LogP contribution in [0, 0.1) is 5.41 Å². The summed E-state index contributed by atoms with van der Waals surface area (Å²) >= 11 is 1.39. The van der Waals surface area contributed by atoms with Crippen molar-refractivity contribution in [3.8, 4) is 11.3 Å². The van der Waals surface area contributed by atoms with Crippen LogP contribution in [0.1, 0.15) is 32.8 Å². The van der Waals surface area contributed by atoms with Crippen molar-refractivity contribution < 1.29 is 9.59 Å². The second-order valence-electron chi connectivity index (χ2n) is 8.67. The molecule has 162 valence electrons. The summed E-state index contributed by atoms with van der Waals surface area (Å²) in [7, 11) is 0. The minimum absolute atomic E-state index is 0.00578. The fourth-order valence-electron chi connectivity index (χ4n) is 3.12. The predicted octanol–water partition coefficient (Wildman–Crippen LogP) is 4.80. The van der Waals surface area contributed by atoms with Gasteiger partial charge in [0, 0.05) is 29.6 Å². The van der Waals surface area contributed by atoms with Crippen molar-refractivity contribution in [1.82, 2.24) is 9.88 Å². The number of aromatic nitrogens is 1. The van der Waals surface area contributed by atoms with Crippen LogP contribution in [0.3, 0.4) is 0 Å². The van der Waals surface area contributed by atoms with Gasteiger partial charge in [0.1, 0.15) is 6.54 Å². The molecule has 3 rings (SSSR count). The molecule has 0 unspecified atom stereocenters. The maximum Gasteiger partial charge on any atom is 0.244 e. The first kappa shape index (κ1) is 22.5. The number of carbonyl (C=O) groups excluding carboxylic acids is 2. The maximum atomic E-state index is 12.9. The molecule has 3 N–H and O–H groups in total. The molecule has 0 saturated heterocycles. The van der Waals surface area contributed by atoms with Crippen molar-refractivity contribution >= 4 is 34.0 Å². The van der Waals surface area contributed by atoms with Gasteiger partial charge < -0.3 is 16.0 Å². The van der Waals surface area contributed by atoms with Crippen LogP contribution in [0.25, 0.3) is 11.3 Å². The fraction of sp³-hybridized carbons (Fsp3) is 0.292. The number of anilines is 2. The minimum Gasteiger partial charge on any atom is -0.375 e. The van der Waals surface area contributed by atoms with E-state index in [9.17, 15) is 9.59 Å². The van der Waals surface area contributed by atoms with Gasteiger partial charge in [0.25, 0.3) is 0 Å². The first-order chi connectivity index (χ1) is 14.7. The van der Waals surface area contributed by atoms with Crippen molar-refractivity contribution in [2.45, 2.75) is 33.7 Å². The summed E-state index contributed by atoms with van der Waals surface area (Å²) in [6, 6.07) is 17.1. The summed E-state index contributed by atoms with van der Waals surface area (Å²) < 4.78 is 0. The number of carbonyl (C=O) groups is 2. The number of nitrogens with zero attached hydrogens (tertiary/aromatic N) is 2. The number of thiazole rings is 1. The molecular weight excluding hydrogens is 408 g/mol. The number of nitrogen functional groups attached to an aromatic ring is 1. The van der Waals surface area contributed by atoms with E-state index in [-0.39, 0.29) is 23.8 Å². The smallest absolute Gasteiger partial charge is 0.244 e. The molecule has 2 aromatic carbocycles. The lowest BCUT2D eigenvalue weighted by atomic mass is 9.91. The third-order valence-corrected chi connectivity index (χ3v) is 5.25. The zero-order valence-corrected chi connectivity index (χ0v) is 18.9. The van der Waals surface area contributed by atoms with Gasteiger partial charge in [-0.1, -0.05) is 63.2 Å². The van der Waals surface area contributed by atoms with Gasteiger partial charge in [-0.25, -0.2) is 4.98 Å². The number of hydrogen-bond acceptors (Lipinski definition) is 5. The lowest BCUT2D eigenvalue weighted by molar-refractivity contribution is -0.136. The molecule has 0 aliphatic heterocycles. The molecule has 0 aliphatic rings. The molecule has 7 heteroatoms. The Balaban J connectivity index is 1.67. The lowest BCUT2D eigenvalue weighted by Gasteiger charge is -2.26. The largest absolute Gasteiger partial charge is 0.375 e. The van der Waals surface area contributed by atoms with E-state index in [1.165, 1.54) is 11.3 Å². The van der Waals surface area contributed by atoms with Crippen LogP contribution in [-0.2, 0) is 16.1 Å². The van der Waals surface area contributed by atoms with Gasteiger partial charge in [-0.05, 0) is 23.1 Å². The standard InChI is InChI=1S/C24H28N4O2S/c1-24(2,3)13-22(30)28(14-17-7-5-4-6-8-17)15-21(29)26-19-11-9-18(10-12-19)20-16-31-23(25)27-20/h4-12,16H,13-15H2,1-3H3,(H2,25,27)(H,26,29). The Morgan fingerprint density at radius 1 is 1.06 bits per heavy atom. The first-order valence-corrected chi connectivity index (χ1v) is 11.0. The molecule has 0 spiro atoms. The first-order valence-electron chi connectivity index (χ1n) is 10.1. The van der Waals surface area contributed by atoms with Crippen molar-refractivity contribution in [2.75, 3.05) is 17.6 Å². The quantitative estimate of drug-likeness (QED) is 0.557. The van der Waals surface area contributed by atoms with Crippen LogP contribution >= 0.6 is 11.3 Å². The summed E-state index contributed by atoms with van der Waals surface area (Å²) in [6.45, 7) is 6.44. The SMILES string of the molecule is CC(C)(C)CC(=O)N(CC(=O)Nc1ccc(-c2csc(N)n2)cc1)Cc1ccccc1. The summed E-state index contributed by atoms with van der Waals surface area (Å²) in [4.78, 5) is 31.5. The molecule has 1 heterocycles. The molecule has 0 saturated carbocycles. The third-order valence-electron chi connectivity index (χ3n) is 4.57. The highest BCUT2D eigenvalue weighted by Gasteiger charge is 2.23. The van der Waals surface area contributed by atoms with E-state index in [0.29, 0.717) is 23.8 Å². The van der Waals surface area contributed by atoms with Gasteiger partial charge in [0.05, 0.1) is 5.69 Å². The van der Waals surface area contributed by atoms with Crippen LogP contribution in [0.5, 0.6) is 0 Å². The second kappa shape index (κ2) is 9.75. The van der Waals surface area contributed by atoms with Gasteiger partial charge in [-0.2, -0.15) is 0 Å². The van der Waals surface area contributed by atoms with Gasteiger partial charge in [-0.3, -0.25) is 9.59 Å². The molecule has 1 aromatic heterocycles. The predicted molar refractivity (Wildman–Crippen MR) is 127 cm³/mol.